The summed E-state index contributed by atoms with van der Waals surface area (Å²) in [4.78, 5) is 35.3. The Balaban J connectivity index is 4.52. The number of esters is 2. The molecule has 312 valence electrons. The second-order valence-electron chi connectivity index (χ2n) is 15.0. The van der Waals surface area contributed by atoms with E-state index in [1.54, 1.807) is 0 Å². The van der Waals surface area contributed by atoms with Crippen molar-refractivity contribution in [3.8, 4) is 0 Å². The van der Waals surface area contributed by atoms with E-state index < -0.39 is 32.5 Å². The first kappa shape index (κ1) is 51.7. The molecule has 0 aromatic heterocycles. The fraction of sp³-hybridized carbons (Fsp3) is 0.727. The van der Waals surface area contributed by atoms with Crippen molar-refractivity contribution >= 4 is 19.8 Å². The van der Waals surface area contributed by atoms with Crippen LogP contribution in [-0.2, 0) is 32.7 Å². The highest BCUT2D eigenvalue weighted by molar-refractivity contribution is 7.47. The second kappa shape index (κ2) is 36.4. The SMILES string of the molecule is CCCCC/C=C\C/C=C\C/C=C\C/C=C\CCCC(=O)O[C@H](COC(=O)CCCCCCC/C=C\CCCCCC)COP(=O)(O)OCC[N+](C)(C)C. The number of carbonyl (C=O) groups excluding carboxylic acids is 2. The lowest BCUT2D eigenvalue weighted by atomic mass is 10.1. The Hall–Kier alpha value is -2.29. The summed E-state index contributed by atoms with van der Waals surface area (Å²) >= 11 is 0. The molecule has 10 heteroatoms. The molecule has 0 aliphatic rings. The first-order chi connectivity index (χ1) is 26.0. The maximum atomic E-state index is 12.6. The van der Waals surface area contributed by atoms with Crippen molar-refractivity contribution in [2.24, 2.45) is 0 Å². The third-order valence-electron chi connectivity index (χ3n) is 8.52. The van der Waals surface area contributed by atoms with Crippen LogP contribution in [0.5, 0.6) is 0 Å². The van der Waals surface area contributed by atoms with E-state index in [9.17, 15) is 19.0 Å². The van der Waals surface area contributed by atoms with Crippen molar-refractivity contribution in [2.45, 2.75) is 161 Å². The van der Waals surface area contributed by atoms with Crippen LogP contribution in [0.25, 0.3) is 0 Å². The first-order valence-corrected chi connectivity index (χ1v) is 22.5. The minimum absolute atomic E-state index is 0.0179. The highest BCUT2D eigenvalue weighted by Crippen LogP contribution is 2.43. The first-order valence-electron chi connectivity index (χ1n) is 21.0. The summed E-state index contributed by atoms with van der Waals surface area (Å²) in [6.45, 7) is 4.28. The van der Waals surface area contributed by atoms with E-state index in [2.05, 4.69) is 68.5 Å². The molecule has 0 aliphatic carbocycles. The van der Waals surface area contributed by atoms with Crippen LogP contribution in [0.4, 0.5) is 0 Å². The Kier molecular flexibility index (Phi) is 34.8. The van der Waals surface area contributed by atoms with Crippen LogP contribution in [0.1, 0.15) is 155 Å². The summed E-state index contributed by atoms with van der Waals surface area (Å²) in [5.74, 6) is -0.880. The molecule has 0 aromatic rings. The van der Waals surface area contributed by atoms with Gasteiger partial charge in [-0.15, -0.1) is 0 Å². The van der Waals surface area contributed by atoms with E-state index in [1.807, 2.05) is 27.2 Å². The Morgan fingerprint density at radius 1 is 0.574 bits per heavy atom. The van der Waals surface area contributed by atoms with E-state index >= 15 is 0 Å². The molecule has 9 nitrogen and oxygen atoms in total. The van der Waals surface area contributed by atoms with Gasteiger partial charge in [0, 0.05) is 12.8 Å². The summed E-state index contributed by atoms with van der Waals surface area (Å²) in [6, 6.07) is 0. The number of carbonyl (C=O) groups is 2. The van der Waals surface area contributed by atoms with Crippen molar-refractivity contribution in [3.05, 3.63) is 60.8 Å². The standard InChI is InChI=1S/C44H78NO8P/c1-6-8-10-12-14-16-18-20-21-22-23-25-27-29-31-33-35-37-44(47)53-42(41-52-54(48,49)51-39-38-45(3,4)5)40-50-43(46)36-34-32-30-28-26-24-19-17-15-13-11-9-7-2/h14,16-17,19-21,23,25,29,31,42H,6-13,15,18,22,24,26-28,30,32-41H2,1-5H3/p+1/b16-14-,19-17-,21-20-,25-23-,31-29-/t42-/m1/s1. The van der Waals surface area contributed by atoms with Gasteiger partial charge in [-0.3, -0.25) is 18.6 Å². The van der Waals surface area contributed by atoms with Crippen molar-refractivity contribution < 1.29 is 42.1 Å². The molecule has 0 rings (SSSR count). The van der Waals surface area contributed by atoms with Crippen molar-refractivity contribution in [2.75, 3.05) is 47.5 Å². The fourth-order valence-corrected chi connectivity index (χ4v) is 5.92. The van der Waals surface area contributed by atoms with Gasteiger partial charge in [0.2, 0.25) is 0 Å². The van der Waals surface area contributed by atoms with Gasteiger partial charge in [0.15, 0.2) is 6.10 Å². The smallest absolute Gasteiger partial charge is 0.462 e. The van der Waals surface area contributed by atoms with E-state index in [0.29, 0.717) is 23.9 Å². The summed E-state index contributed by atoms with van der Waals surface area (Å²) in [5.41, 5.74) is 0. The van der Waals surface area contributed by atoms with E-state index in [0.717, 1.165) is 57.8 Å². The summed E-state index contributed by atoms with van der Waals surface area (Å²) in [7, 11) is 1.43. The van der Waals surface area contributed by atoms with Gasteiger partial charge in [-0.25, -0.2) is 4.57 Å². The fourth-order valence-electron chi connectivity index (χ4n) is 5.18. The number of nitrogens with zero attached hydrogens (tertiary/aromatic N) is 1. The lowest BCUT2D eigenvalue weighted by molar-refractivity contribution is -0.870. The van der Waals surface area contributed by atoms with E-state index in [1.165, 1.54) is 57.8 Å². The minimum Gasteiger partial charge on any atom is -0.462 e. The average molecular weight is 781 g/mol. The number of phosphoric acid groups is 1. The van der Waals surface area contributed by atoms with Gasteiger partial charge in [-0.1, -0.05) is 126 Å². The number of rotatable bonds is 37. The maximum Gasteiger partial charge on any atom is 0.472 e. The molecule has 54 heavy (non-hydrogen) atoms. The minimum atomic E-state index is -4.39. The Bertz CT molecular complexity index is 1110. The zero-order chi connectivity index (χ0) is 40.0. The van der Waals surface area contributed by atoms with Gasteiger partial charge in [0.05, 0.1) is 27.7 Å². The van der Waals surface area contributed by atoms with Crippen LogP contribution < -0.4 is 0 Å². The van der Waals surface area contributed by atoms with Gasteiger partial charge < -0.3 is 18.9 Å². The lowest BCUT2D eigenvalue weighted by Crippen LogP contribution is -2.37. The Labute approximate surface area is 330 Å². The second-order valence-corrected chi connectivity index (χ2v) is 16.5. The van der Waals surface area contributed by atoms with E-state index in [4.69, 9.17) is 18.5 Å². The average Bonchev–Trinajstić information content (AvgIpc) is 3.12. The molecule has 0 aliphatic heterocycles. The zero-order valence-electron chi connectivity index (χ0n) is 34.9. The number of likely N-dealkylation sites (N-methyl/N-ethyl adjacent to an activating group) is 1. The number of hydrogen-bond acceptors (Lipinski definition) is 7. The Morgan fingerprint density at radius 3 is 1.59 bits per heavy atom. The molecule has 0 fully saturated rings. The van der Waals surface area contributed by atoms with Crippen LogP contribution in [0.3, 0.4) is 0 Å². The van der Waals surface area contributed by atoms with Crippen LogP contribution in [0, 0.1) is 0 Å². The maximum absolute atomic E-state index is 12.6. The van der Waals surface area contributed by atoms with Crippen LogP contribution >= 0.6 is 7.82 Å². The number of quaternary nitrogens is 1. The van der Waals surface area contributed by atoms with Gasteiger partial charge >= 0.3 is 19.8 Å². The molecule has 0 bridgehead atoms. The zero-order valence-corrected chi connectivity index (χ0v) is 35.8. The van der Waals surface area contributed by atoms with Gasteiger partial charge in [-0.2, -0.15) is 0 Å². The highest BCUT2D eigenvalue weighted by Gasteiger charge is 2.27. The molecule has 0 spiro atoms. The number of ether oxygens (including phenoxy) is 2. The number of unbranched alkanes of at least 4 members (excludes halogenated alkanes) is 13. The van der Waals surface area contributed by atoms with Crippen LogP contribution in [-0.4, -0.2) is 74.9 Å². The number of hydrogen-bond donors (Lipinski definition) is 1. The predicted octanol–water partition coefficient (Wildman–Crippen LogP) is 11.7. The largest absolute Gasteiger partial charge is 0.472 e. The topological polar surface area (TPSA) is 108 Å². The molecule has 0 heterocycles. The molecule has 0 saturated heterocycles. The van der Waals surface area contributed by atoms with Gasteiger partial charge in [-0.05, 0) is 77.0 Å². The van der Waals surface area contributed by atoms with Crippen molar-refractivity contribution in [3.63, 3.8) is 0 Å². The van der Waals surface area contributed by atoms with Gasteiger partial charge in [0.1, 0.15) is 19.8 Å². The van der Waals surface area contributed by atoms with Crippen LogP contribution in [0.2, 0.25) is 0 Å². The molecule has 1 unspecified atom stereocenters. The monoisotopic (exact) mass is 781 g/mol. The summed E-state index contributed by atoms with van der Waals surface area (Å²) < 4.78 is 34.2. The van der Waals surface area contributed by atoms with Crippen molar-refractivity contribution in [1.29, 1.82) is 0 Å². The number of allylic oxidation sites excluding steroid dienone is 10. The van der Waals surface area contributed by atoms with E-state index in [-0.39, 0.29) is 26.1 Å². The molecule has 2 atom stereocenters. The lowest BCUT2D eigenvalue weighted by Gasteiger charge is -2.24. The molecule has 1 N–H and O–H groups in total. The highest BCUT2D eigenvalue weighted by atomic mass is 31.2. The third kappa shape index (κ3) is 39.4. The molecular formula is C44H79NO8P+. The predicted molar refractivity (Wildman–Crippen MR) is 224 cm³/mol. The number of phosphoric ester groups is 1. The molecule has 0 aromatic carbocycles. The molecule has 0 amide bonds. The normalized spacial score (nSPS) is 14.3. The third-order valence-corrected chi connectivity index (χ3v) is 9.50. The molecule has 0 saturated carbocycles. The summed E-state index contributed by atoms with van der Waals surface area (Å²) in [5, 5.41) is 0. The molecular weight excluding hydrogens is 701 g/mol. The quantitative estimate of drug-likeness (QED) is 0.0218. The Morgan fingerprint density at radius 2 is 1.02 bits per heavy atom. The van der Waals surface area contributed by atoms with Crippen molar-refractivity contribution in [1.82, 2.24) is 0 Å². The van der Waals surface area contributed by atoms with Gasteiger partial charge in [0.25, 0.3) is 0 Å². The molecule has 0 radical (unpaired) electrons. The summed E-state index contributed by atoms with van der Waals surface area (Å²) in [6.07, 6.45) is 42.7. The van der Waals surface area contributed by atoms with Crippen LogP contribution in [0.15, 0.2) is 60.8 Å².